The molecule has 88 valence electrons. The smallest absolute Gasteiger partial charge is 0.224 e. The molecular formula is C13H20N2O. The Bertz CT molecular complexity index is 287. The Labute approximate surface area is 97.6 Å². The van der Waals surface area contributed by atoms with Gasteiger partial charge >= 0.3 is 0 Å². The third-order valence-electron chi connectivity index (χ3n) is 3.16. The highest BCUT2D eigenvalue weighted by molar-refractivity contribution is 5.76. The summed E-state index contributed by atoms with van der Waals surface area (Å²) in [7, 11) is 0. The Morgan fingerprint density at radius 2 is 2.12 bits per heavy atom. The minimum atomic E-state index is 0.206. The Kier molecular flexibility index (Phi) is 3.84. The van der Waals surface area contributed by atoms with E-state index >= 15 is 0 Å². The Morgan fingerprint density at radius 3 is 2.69 bits per heavy atom. The van der Waals surface area contributed by atoms with E-state index in [1.807, 2.05) is 4.90 Å². The molecular weight excluding hydrogens is 200 g/mol. The molecule has 1 amide bonds. The number of hydrogen-bond acceptors (Lipinski definition) is 2. The number of nitrogens with one attached hydrogen (secondary N) is 1. The maximum Gasteiger partial charge on any atom is 0.224 e. The van der Waals surface area contributed by atoms with Gasteiger partial charge in [0.05, 0.1) is 6.54 Å². The van der Waals surface area contributed by atoms with Crippen molar-refractivity contribution in [1.82, 2.24) is 10.2 Å². The van der Waals surface area contributed by atoms with Crippen LogP contribution in [0.3, 0.4) is 0 Å². The summed E-state index contributed by atoms with van der Waals surface area (Å²) in [6.07, 6.45) is 10.9. The lowest BCUT2D eigenvalue weighted by Crippen LogP contribution is -2.35. The van der Waals surface area contributed by atoms with E-state index in [9.17, 15) is 4.79 Å². The van der Waals surface area contributed by atoms with E-state index in [1.165, 1.54) is 25.7 Å². The van der Waals surface area contributed by atoms with Gasteiger partial charge in [-0.1, -0.05) is 5.92 Å². The molecule has 1 N–H and O–H groups in total. The molecule has 0 aromatic heterocycles. The van der Waals surface area contributed by atoms with Gasteiger partial charge in [-0.25, -0.2) is 0 Å². The minimum absolute atomic E-state index is 0.206. The molecule has 0 bridgehead atoms. The first-order valence-corrected chi connectivity index (χ1v) is 6.24. The van der Waals surface area contributed by atoms with Crippen molar-refractivity contribution in [1.29, 1.82) is 0 Å². The molecule has 0 aromatic carbocycles. The third kappa shape index (κ3) is 3.86. The molecule has 0 atom stereocenters. The van der Waals surface area contributed by atoms with Crippen LogP contribution in [0.5, 0.6) is 0 Å². The van der Waals surface area contributed by atoms with Crippen LogP contribution in [0.1, 0.15) is 32.1 Å². The highest BCUT2D eigenvalue weighted by Gasteiger charge is 2.26. The Hall–Kier alpha value is -1.01. The summed E-state index contributed by atoms with van der Waals surface area (Å²) >= 11 is 0. The molecule has 0 radical (unpaired) electrons. The van der Waals surface area contributed by atoms with Crippen molar-refractivity contribution in [3.8, 4) is 12.3 Å². The van der Waals surface area contributed by atoms with E-state index in [-0.39, 0.29) is 5.91 Å². The van der Waals surface area contributed by atoms with E-state index in [1.54, 1.807) is 0 Å². The molecule has 0 saturated heterocycles. The van der Waals surface area contributed by atoms with Crippen molar-refractivity contribution in [2.75, 3.05) is 19.6 Å². The zero-order chi connectivity index (χ0) is 11.4. The molecule has 0 aliphatic heterocycles. The van der Waals surface area contributed by atoms with Crippen LogP contribution in [0.4, 0.5) is 0 Å². The molecule has 2 saturated carbocycles. The molecule has 3 heteroatoms. The van der Waals surface area contributed by atoms with Crippen molar-refractivity contribution >= 4 is 5.91 Å². The van der Waals surface area contributed by atoms with Crippen LogP contribution in [0.25, 0.3) is 0 Å². The van der Waals surface area contributed by atoms with Crippen LogP contribution in [0.2, 0.25) is 0 Å². The number of terminal acetylenes is 1. The first-order valence-electron chi connectivity index (χ1n) is 6.24. The van der Waals surface area contributed by atoms with Gasteiger partial charge < -0.3 is 10.2 Å². The maximum absolute atomic E-state index is 11.9. The normalized spacial score (nSPS) is 19.2. The molecule has 0 unspecified atom stereocenters. The van der Waals surface area contributed by atoms with E-state index in [0.717, 1.165) is 13.1 Å². The van der Waals surface area contributed by atoms with Crippen molar-refractivity contribution in [3.63, 3.8) is 0 Å². The lowest BCUT2D eigenvalue weighted by atomic mass is 10.3. The summed E-state index contributed by atoms with van der Waals surface area (Å²) < 4.78 is 0. The predicted octanol–water partition coefficient (Wildman–Crippen LogP) is 1.00. The second kappa shape index (κ2) is 5.36. The average Bonchev–Trinajstić information content (AvgIpc) is 3.12. The molecule has 0 spiro atoms. The molecule has 3 nitrogen and oxygen atoms in total. The zero-order valence-electron chi connectivity index (χ0n) is 9.74. The van der Waals surface area contributed by atoms with Gasteiger partial charge in [0, 0.05) is 25.6 Å². The SMILES string of the molecule is C#CCN(CC1CC1)C(=O)CCNC1CC1. The first kappa shape index (κ1) is 11.5. The Morgan fingerprint density at radius 1 is 1.38 bits per heavy atom. The zero-order valence-corrected chi connectivity index (χ0v) is 9.74. The summed E-state index contributed by atoms with van der Waals surface area (Å²) in [6.45, 7) is 2.14. The summed E-state index contributed by atoms with van der Waals surface area (Å²) in [5.41, 5.74) is 0. The second-order valence-electron chi connectivity index (χ2n) is 4.90. The topological polar surface area (TPSA) is 32.3 Å². The van der Waals surface area contributed by atoms with Gasteiger partial charge in [-0.05, 0) is 31.6 Å². The third-order valence-corrected chi connectivity index (χ3v) is 3.16. The van der Waals surface area contributed by atoms with Crippen molar-refractivity contribution in [3.05, 3.63) is 0 Å². The van der Waals surface area contributed by atoms with Gasteiger partial charge in [0.1, 0.15) is 0 Å². The molecule has 16 heavy (non-hydrogen) atoms. The highest BCUT2D eigenvalue weighted by atomic mass is 16.2. The van der Waals surface area contributed by atoms with Crippen LogP contribution in [-0.2, 0) is 4.79 Å². The predicted molar refractivity (Wildman–Crippen MR) is 63.8 cm³/mol. The van der Waals surface area contributed by atoms with Gasteiger partial charge in [0.25, 0.3) is 0 Å². The minimum Gasteiger partial charge on any atom is -0.331 e. The van der Waals surface area contributed by atoms with Gasteiger partial charge in [0.15, 0.2) is 0 Å². The monoisotopic (exact) mass is 220 g/mol. The number of amides is 1. The number of carbonyl (C=O) groups excluding carboxylic acids is 1. The lowest BCUT2D eigenvalue weighted by Gasteiger charge is -2.20. The summed E-state index contributed by atoms with van der Waals surface area (Å²) in [5, 5.41) is 3.35. The van der Waals surface area contributed by atoms with Crippen molar-refractivity contribution < 1.29 is 4.79 Å². The molecule has 0 aromatic rings. The number of nitrogens with zero attached hydrogens (tertiary/aromatic N) is 1. The van der Waals surface area contributed by atoms with Crippen molar-refractivity contribution in [2.45, 2.75) is 38.1 Å². The number of carbonyl (C=O) groups is 1. The van der Waals surface area contributed by atoms with Gasteiger partial charge in [-0.2, -0.15) is 0 Å². The molecule has 2 rings (SSSR count). The van der Waals surface area contributed by atoms with Crippen molar-refractivity contribution in [2.24, 2.45) is 5.92 Å². The fraction of sp³-hybridized carbons (Fsp3) is 0.769. The molecule has 2 aliphatic rings. The quantitative estimate of drug-likeness (QED) is 0.649. The van der Waals surface area contributed by atoms with E-state index < -0.39 is 0 Å². The van der Waals surface area contributed by atoms with E-state index in [2.05, 4.69) is 11.2 Å². The van der Waals surface area contributed by atoms with Crippen LogP contribution in [0.15, 0.2) is 0 Å². The average molecular weight is 220 g/mol. The lowest BCUT2D eigenvalue weighted by molar-refractivity contribution is -0.130. The van der Waals surface area contributed by atoms with Gasteiger partial charge in [-0.15, -0.1) is 6.42 Å². The van der Waals surface area contributed by atoms with Crippen LogP contribution in [-0.4, -0.2) is 36.5 Å². The van der Waals surface area contributed by atoms with E-state index in [0.29, 0.717) is 24.9 Å². The maximum atomic E-state index is 11.9. The van der Waals surface area contributed by atoms with Gasteiger partial charge in [0.2, 0.25) is 5.91 Å². The summed E-state index contributed by atoms with van der Waals surface area (Å²) in [6, 6.07) is 0.678. The number of rotatable bonds is 7. The molecule has 2 aliphatic carbocycles. The van der Waals surface area contributed by atoms with Crippen LogP contribution in [0, 0.1) is 18.3 Å². The largest absolute Gasteiger partial charge is 0.331 e. The summed E-state index contributed by atoms with van der Waals surface area (Å²) in [5.74, 6) is 3.50. The number of hydrogen-bond donors (Lipinski definition) is 1. The Balaban J connectivity index is 1.67. The molecule has 2 fully saturated rings. The van der Waals surface area contributed by atoms with Crippen LogP contribution >= 0.6 is 0 Å². The fourth-order valence-electron chi connectivity index (χ4n) is 1.81. The summed E-state index contributed by atoms with van der Waals surface area (Å²) in [4.78, 5) is 13.7. The van der Waals surface area contributed by atoms with Crippen LogP contribution < -0.4 is 5.32 Å². The molecule has 0 heterocycles. The highest BCUT2D eigenvalue weighted by Crippen LogP contribution is 2.29. The fourth-order valence-corrected chi connectivity index (χ4v) is 1.81. The van der Waals surface area contributed by atoms with E-state index in [4.69, 9.17) is 6.42 Å². The first-order chi connectivity index (χ1) is 7.79. The van der Waals surface area contributed by atoms with Gasteiger partial charge in [-0.3, -0.25) is 4.79 Å². The standard InChI is InChI=1S/C13H20N2O/c1-2-9-15(10-11-3-4-11)13(16)7-8-14-12-5-6-12/h1,11-12,14H,3-10H2. The second-order valence-corrected chi connectivity index (χ2v) is 4.90.